The number of rotatable bonds is 7. The Hall–Kier alpha value is -3.97. The molecule has 3 rings (SSSR count). The van der Waals surface area contributed by atoms with E-state index < -0.39 is 45.0 Å². The fourth-order valence-corrected chi connectivity index (χ4v) is 3.60. The fraction of sp³-hybridized carbons (Fsp3) is 0.269. The predicted octanol–water partition coefficient (Wildman–Crippen LogP) is 2.56. The minimum absolute atomic E-state index is 0.0828. The molecule has 3 aromatic rings. The Morgan fingerprint density at radius 3 is 2.44 bits per heavy atom. The van der Waals surface area contributed by atoms with Crippen LogP contribution in [-0.4, -0.2) is 40.3 Å². The zero-order valence-corrected chi connectivity index (χ0v) is 22.5. The summed E-state index contributed by atoms with van der Waals surface area (Å²) in [6, 6.07) is 2.27. The van der Waals surface area contributed by atoms with Crippen LogP contribution in [0.15, 0.2) is 63.7 Å². The maximum absolute atomic E-state index is 14.3. The second kappa shape index (κ2) is 11.4. The van der Waals surface area contributed by atoms with Crippen molar-refractivity contribution in [2.24, 2.45) is 4.99 Å². The minimum Gasteiger partial charge on any atom is -0.433 e. The van der Waals surface area contributed by atoms with Gasteiger partial charge in [0.25, 0.3) is 11.1 Å². The quantitative estimate of drug-likeness (QED) is 0.227. The molecule has 11 nitrogen and oxygen atoms in total. The Labute approximate surface area is 227 Å². The first-order valence-corrected chi connectivity index (χ1v) is 11.9. The zero-order chi connectivity index (χ0) is 29.1. The molecule has 0 bridgehead atoms. The summed E-state index contributed by atoms with van der Waals surface area (Å²) in [4.78, 5) is 37.9. The van der Waals surface area contributed by atoms with Crippen molar-refractivity contribution in [2.45, 2.75) is 46.2 Å². The van der Waals surface area contributed by atoms with Crippen LogP contribution in [0.3, 0.4) is 0 Å². The molecule has 0 atom stereocenters. The smallest absolute Gasteiger partial charge is 0.372 e. The number of aryl methyl sites for hydroxylation is 2. The van der Waals surface area contributed by atoms with Crippen molar-refractivity contribution in [3.8, 4) is 5.75 Å². The molecule has 0 fully saturated rings. The molecule has 206 valence electrons. The first-order chi connectivity index (χ1) is 18.2. The number of halogens is 2. The first kappa shape index (κ1) is 29.6. The topological polar surface area (TPSA) is 152 Å². The average molecular weight is 560 g/mol. The van der Waals surface area contributed by atoms with E-state index in [0.717, 1.165) is 15.2 Å². The largest absolute Gasteiger partial charge is 0.433 e. The number of hydrogen-bond donors (Lipinski definition) is 3. The van der Waals surface area contributed by atoms with Crippen LogP contribution >= 0.6 is 11.6 Å². The maximum Gasteiger partial charge on any atom is 0.372 e. The summed E-state index contributed by atoms with van der Waals surface area (Å²) < 4.78 is 21.6. The Balaban J connectivity index is 2.04. The van der Waals surface area contributed by atoms with Crippen molar-refractivity contribution < 1.29 is 24.4 Å². The van der Waals surface area contributed by atoms with Crippen molar-refractivity contribution in [2.75, 3.05) is 0 Å². The van der Waals surface area contributed by atoms with E-state index in [1.165, 1.54) is 63.9 Å². The van der Waals surface area contributed by atoms with E-state index in [-0.39, 0.29) is 17.2 Å². The van der Waals surface area contributed by atoms with Crippen LogP contribution in [0.4, 0.5) is 4.39 Å². The highest BCUT2D eigenvalue weighted by Gasteiger charge is 2.35. The van der Waals surface area contributed by atoms with Gasteiger partial charge in [0, 0.05) is 42.8 Å². The molecule has 0 unspecified atom stereocenters. The molecule has 0 amide bonds. The molecule has 3 heterocycles. The molecule has 3 aromatic heterocycles. The van der Waals surface area contributed by atoms with E-state index in [2.05, 4.69) is 15.0 Å². The van der Waals surface area contributed by atoms with Crippen LogP contribution in [0.5, 0.6) is 5.75 Å². The van der Waals surface area contributed by atoms with Crippen molar-refractivity contribution in [3.63, 3.8) is 0 Å². The Kier molecular flexibility index (Phi) is 8.66. The molecular formula is C26H27ClFN5O6. The van der Waals surface area contributed by atoms with Gasteiger partial charge < -0.3 is 20.1 Å². The van der Waals surface area contributed by atoms with Gasteiger partial charge in [0.1, 0.15) is 22.2 Å². The number of aliphatic hydroxyl groups is 3. The highest BCUT2D eigenvalue weighted by atomic mass is 35.5. The van der Waals surface area contributed by atoms with Crippen molar-refractivity contribution in [3.05, 3.63) is 103 Å². The van der Waals surface area contributed by atoms with Gasteiger partial charge in [-0.05, 0) is 52.3 Å². The van der Waals surface area contributed by atoms with Crippen LogP contribution in [0.2, 0.25) is 5.02 Å². The molecule has 0 saturated heterocycles. The Morgan fingerprint density at radius 1 is 1.13 bits per heavy atom. The van der Waals surface area contributed by atoms with Gasteiger partial charge >= 0.3 is 5.97 Å². The second-order valence-electron chi connectivity index (χ2n) is 8.99. The summed E-state index contributed by atoms with van der Waals surface area (Å²) in [7, 11) is 0. The molecule has 13 heteroatoms. The van der Waals surface area contributed by atoms with Crippen LogP contribution in [0.25, 0.3) is 6.20 Å². The first-order valence-electron chi connectivity index (χ1n) is 11.5. The lowest BCUT2D eigenvalue weighted by molar-refractivity contribution is -0.308. The van der Waals surface area contributed by atoms with E-state index in [4.69, 9.17) is 16.3 Å². The molecule has 39 heavy (non-hydrogen) atoms. The molecule has 0 aliphatic carbocycles. The van der Waals surface area contributed by atoms with Crippen LogP contribution in [0.1, 0.15) is 43.4 Å². The number of nitrogens with zero attached hydrogens (tertiary/aromatic N) is 5. The third kappa shape index (κ3) is 6.55. The summed E-state index contributed by atoms with van der Waals surface area (Å²) in [6.45, 7) is 7.63. The third-order valence-electron chi connectivity index (χ3n) is 5.28. The van der Waals surface area contributed by atoms with Gasteiger partial charge in [-0.15, -0.1) is 0 Å². The monoisotopic (exact) mass is 559 g/mol. The number of aromatic nitrogens is 4. The van der Waals surface area contributed by atoms with Gasteiger partial charge in [0.2, 0.25) is 0 Å². The summed E-state index contributed by atoms with van der Waals surface area (Å²) in [5.74, 6) is -4.61. The maximum atomic E-state index is 14.3. The summed E-state index contributed by atoms with van der Waals surface area (Å²) >= 11 is 6.18. The Bertz CT molecular complexity index is 1600. The average Bonchev–Trinajstić information content (AvgIpc) is 2.83. The van der Waals surface area contributed by atoms with Crippen molar-refractivity contribution >= 4 is 23.6 Å². The lowest BCUT2D eigenvalue weighted by Crippen LogP contribution is -2.36. The minimum atomic E-state index is -3.23. The van der Waals surface area contributed by atoms with Crippen molar-refractivity contribution in [1.82, 2.24) is 19.1 Å². The van der Waals surface area contributed by atoms with E-state index >= 15 is 0 Å². The highest BCUT2D eigenvalue weighted by molar-refractivity contribution is 6.31. The number of ether oxygens (including phenoxy) is 1. The zero-order valence-electron chi connectivity index (χ0n) is 21.8. The van der Waals surface area contributed by atoms with Gasteiger partial charge in [0.15, 0.2) is 17.3 Å². The number of allylic oxidation sites excluding steroid dienone is 2. The van der Waals surface area contributed by atoms with Gasteiger partial charge in [-0.25, -0.2) is 14.4 Å². The summed E-state index contributed by atoms with van der Waals surface area (Å²) in [5.41, 5.74) is -3.21. The predicted molar refractivity (Wildman–Crippen MR) is 143 cm³/mol. The van der Waals surface area contributed by atoms with E-state index in [1.54, 1.807) is 19.9 Å². The van der Waals surface area contributed by atoms with Crippen molar-refractivity contribution in [1.29, 1.82) is 0 Å². The standard InChI is InChI=1S/C26H27ClFN5O6/c1-6-8-29-19(33-11-9-30-22(24(33)35)25(4,5)36)7-10-32-16(3)13-18(20(27)23(32)34)39-26(37,38)21-17(28)12-15(2)14-31-21/h6-14,36-38H,1-5H3/b8-6+,10-7+,29-19-. The molecule has 0 aliphatic heterocycles. The van der Waals surface area contributed by atoms with E-state index in [1.807, 2.05) is 0 Å². The molecule has 0 aromatic carbocycles. The lowest BCUT2D eigenvalue weighted by atomic mass is 10.1. The third-order valence-corrected chi connectivity index (χ3v) is 5.63. The molecular weight excluding hydrogens is 533 g/mol. The van der Waals surface area contributed by atoms with Gasteiger partial charge in [-0.3, -0.25) is 23.7 Å². The number of hydrogen-bond acceptors (Lipinski definition) is 9. The molecule has 0 spiro atoms. The molecule has 3 N–H and O–H groups in total. The fourth-order valence-electron chi connectivity index (χ4n) is 3.42. The summed E-state index contributed by atoms with van der Waals surface area (Å²) in [6.07, 6.45) is 9.59. The SMILES string of the molecule is C/C=C/N=C(/C=C/n1c(C)cc(OC(O)(O)c2ncc(C)cc2F)c(Cl)c1=O)n1ccnc(C(C)(C)O)c1=O. The van der Waals surface area contributed by atoms with Gasteiger partial charge in [-0.1, -0.05) is 17.7 Å². The van der Waals surface area contributed by atoms with Gasteiger partial charge in [-0.2, -0.15) is 0 Å². The summed E-state index contributed by atoms with van der Waals surface area (Å²) in [5, 5.41) is 30.4. The van der Waals surface area contributed by atoms with E-state index in [9.17, 15) is 29.3 Å². The van der Waals surface area contributed by atoms with Crippen LogP contribution in [-0.2, 0) is 11.6 Å². The lowest BCUT2D eigenvalue weighted by Gasteiger charge is -2.23. The molecule has 0 saturated carbocycles. The molecule has 0 aliphatic rings. The van der Waals surface area contributed by atoms with Crippen LogP contribution < -0.4 is 15.9 Å². The number of aliphatic imine (C=N–C) groups is 1. The molecule has 0 radical (unpaired) electrons. The highest BCUT2D eigenvalue weighted by Crippen LogP contribution is 2.29. The number of pyridine rings is 2. The van der Waals surface area contributed by atoms with E-state index in [0.29, 0.717) is 5.56 Å². The second-order valence-corrected chi connectivity index (χ2v) is 9.37. The van der Waals surface area contributed by atoms with Gasteiger partial charge in [0.05, 0.1) is 0 Å². The Morgan fingerprint density at radius 2 is 1.82 bits per heavy atom. The van der Waals surface area contributed by atoms with Crippen LogP contribution in [0, 0.1) is 19.7 Å². The normalized spacial score (nSPS) is 13.0.